The number of ether oxygens (including phenoxy) is 1. The van der Waals surface area contributed by atoms with Crippen LogP contribution in [0.5, 0.6) is 5.75 Å². The number of likely N-dealkylation sites (N-methyl/N-ethyl adjacent to an activating group) is 1. The Labute approximate surface area is 123 Å². The third-order valence-electron chi connectivity index (χ3n) is 2.94. The van der Waals surface area contributed by atoms with E-state index in [4.69, 9.17) is 4.74 Å². The van der Waals surface area contributed by atoms with Gasteiger partial charge in [0.2, 0.25) is 0 Å². The third kappa shape index (κ3) is 6.73. The van der Waals surface area contributed by atoms with Crippen LogP contribution in [0, 0.1) is 0 Å². The van der Waals surface area contributed by atoms with E-state index in [2.05, 4.69) is 49.8 Å². The molecule has 20 heavy (non-hydrogen) atoms. The molecule has 112 valence electrons. The van der Waals surface area contributed by atoms with Crippen molar-refractivity contribution in [3.63, 3.8) is 0 Å². The summed E-state index contributed by atoms with van der Waals surface area (Å²) in [6, 6.07) is 8.70. The van der Waals surface area contributed by atoms with Gasteiger partial charge in [0.05, 0.1) is 0 Å². The number of hydrogen-bond acceptors (Lipinski definition) is 3. The minimum Gasteiger partial charge on any atom is -0.492 e. The van der Waals surface area contributed by atoms with Crippen molar-refractivity contribution in [2.45, 2.75) is 33.4 Å². The van der Waals surface area contributed by atoms with Gasteiger partial charge in [-0.2, -0.15) is 0 Å². The Balaban J connectivity index is 2.44. The Morgan fingerprint density at radius 1 is 1.35 bits per heavy atom. The maximum atomic E-state index is 5.91. The van der Waals surface area contributed by atoms with Crippen molar-refractivity contribution in [3.05, 3.63) is 42.0 Å². The molecule has 0 atom stereocenters. The number of benzene rings is 1. The molecular weight excluding hydrogens is 248 g/mol. The van der Waals surface area contributed by atoms with Gasteiger partial charge in [-0.1, -0.05) is 44.2 Å². The van der Waals surface area contributed by atoms with E-state index in [0.29, 0.717) is 12.6 Å². The lowest BCUT2D eigenvalue weighted by Gasteiger charge is -2.18. The minimum absolute atomic E-state index is 0.477. The van der Waals surface area contributed by atoms with Crippen LogP contribution in [0.3, 0.4) is 0 Å². The van der Waals surface area contributed by atoms with Crippen molar-refractivity contribution < 1.29 is 4.74 Å². The fourth-order valence-electron chi connectivity index (χ4n) is 1.96. The molecule has 3 nitrogen and oxygen atoms in total. The van der Waals surface area contributed by atoms with Crippen LogP contribution in [0.1, 0.15) is 26.3 Å². The molecule has 0 aromatic heterocycles. The van der Waals surface area contributed by atoms with Crippen molar-refractivity contribution in [2.24, 2.45) is 0 Å². The van der Waals surface area contributed by atoms with Crippen LogP contribution in [0.4, 0.5) is 0 Å². The van der Waals surface area contributed by atoms with Crippen molar-refractivity contribution >= 4 is 0 Å². The highest BCUT2D eigenvalue weighted by Crippen LogP contribution is 2.17. The van der Waals surface area contributed by atoms with Crippen LogP contribution in [0.2, 0.25) is 0 Å². The number of hydrogen-bond donors (Lipinski definition) is 1. The van der Waals surface area contributed by atoms with E-state index >= 15 is 0 Å². The molecule has 0 spiro atoms. The van der Waals surface area contributed by atoms with Crippen molar-refractivity contribution in [1.29, 1.82) is 0 Å². The van der Waals surface area contributed by atoms with Gasteiger partial charge in [0, 0.05) is 31.2 Å². The lowest BCUT2D eigenvalue weighted by molar-refractivity contribution is 0.245. The smallest absolute Gasteiger partial charge is 0.123 e. The first-order chi connectivity index (χ1) is 9.49. The topological polar surface area (TPSA) is 24.5 Å². The molecule has 0 heterocycles. The highest BCUT2D eigenvalue weighted by atomic mass is 16.5. The van der Waals surface area contributed by atoms with E-state index in [1.54, 1.807) is 0 Å². The zero-order chi connectivity index (χ0) is 15.0. The van der Waals surface area contributed by atoms with Crippen LogP contribution >= 0.6 is 0 Å². The predicted octanol–water partition coefficient (Wildman–Crippen LogP) is 3.07. The Morgan fingerprint density at radius 2 is 2.05 bits per heavy atom. The summed E-state index contributed by atoms with van der Waals surface area (Å²) in [4.78, 5) is 2.22. The molecule has 0 saturated heterocycles. The van der Waals surface area contributed by atoms with Gasteiger partial charge in [-0.05, 0) is 20.0 Å². The molecule has 0 radical (unpaired) electrons. The van der Waals surface area contributed by atoms with E-state index < -0.39 is 0 Å². The Morgan fingerprint density at radius 3 is 2.70 bits per heavy atom. The van der Waals surface area contributed by atoms with Crippen molar-refractivity contribution in [2.75, 3.05) is 26.7 Å². The highest BCUT2D eigenvalue weighted by molar-refractivity contribution is 5.33. The number of nitrogens with one attached hydrogen (secondary N) is 1. The van der Waals surface area contributed by atoms with Gasteiger partial charge >= 0.3 is 0 Å². The molecule has 0 unspecified atom stereocenters. The zero-order valence-electron chi connectivity index (χ0n) is 13.3. The molecule has 1 rings (SSSR count). The average molecular weight is 276 g/mol. The molecule has 0 fully saturated rings. The van der Waals surface area contributed by atoms with Gasteiger partial charge in [-0.3, -0.25) is 4.90 Å². The zero-order valence-corrected chi connectivity index (χ0v) is 13.3. The maximum absolute atomic E-state index is 5.91. The molecule has 0 bridgehead atoms. The van der Waals surface area contributed by atoms with Crippen molar-refractivity contribution in [1.82, 2.24) is 10.2 Å². The monoisotopic (exact) mass is 276 g/mol. The Hall–Kier alpha value is -1.32. The van der Waals surface area contributed by atoms with Gasteiger partial charge in [0.15, 0.2) is 0 Å². The van der Waals surface area contributed by atoms with Gasteiger partial charge < -0.3 is 10.1 Å². The lowest BCUT2D eigenvalue weighted by atomic mass is 10.2. The van der Waals surface area contributed by atoms with E-state index in [1.807, 2.05) is 19.1 Å². The van der Waals surface area contributed by atoms with E-state index in [1.165, 1.54) is 11.1 Å². The quantitative estimate of drug-likeness (QED) is 0.702. The predicted molar refractivity (Wildman–Crippen MR) is 86.2 cm³/mol. The summed E-state index contributed by atoms with van der Waals surface area (Å²) in [5.41, 5.74) is 2.39. The van der Waals surface area contributed by atoms with E-state index in [0.717, 1.165) is 25.4 Å². The molecule has 0 amide bonds. The van der Waals surface area contributed by atoms with Gasteiger partial charge in [0.25, 0.3) is 0 Å². The summed E-state index contributed by atoms with van der Waals surface area (Å²) >= 11 is 0. The lowest BCUT2D eigenvalue weighted by Crippen LogP contribution is -2.26. The summed E-state index contributed by atoms with van der Waals surface area (Å²) in [5.74, 6) is 0.976. The molecule has 1 N–H and O–H groups in total. The first-order valence-corrected chi connectivity index (χ1v) is 7.26. The first kappa shape index (κ1) is 16.7. The third-order valence-corrected chi connectivity index (χ3v) is 2.94. The molecule has 1 aromatic carbocycles. The second kappa shape index (κ2) is 8.77. The van der Waals surface area contributed by atoms with E-state index in [9.17, 15) is 0 Å². The van der Waals surface area contributed by atoms with Crippen LogP contribution in [0.15, 0.2) is 36.4 Å². The normalized spacial score (nSPS) is 11.1. The average Bonchev–Trinajstić information content (AvgIpc) is 2.36. The first-order valence-electron chi connectivity index (χ1n) is 7.26. The fourth-order valence-corrected chi connectivity index (χ4v) is 1.96. The summed E-state index contributed by atoms with van der Waals surface area (Å²) < 4.78 is 5.91. The van der Waals surface area contributed by atoms with Crippen molar-refractivity contribution in [3.8, 4) is 5.75 Å². The van der Waals surface area contributed by atoms with Crippen LogP contribution < -0.4 is 10.1 Å². The highest BCUT2D eigenvalue weighted by Gasteiger charge is 2.04. The fraction of sp³-hybridized carbons (Fsp3) is 0.529. The van der Waals surface area contributed by atoms with Crippen LogP contribution in [-0.2, 0) is 6.54 Å². The summed E-state index contributed by atoms with van der Waals surface area (Å²) in [5, 5.41) is 3.43. The molecule has 3 heteroatoms. The summed E-state index contributed by atoms with van der Waals surface area (Å²) in [6.07, 6.45) is 0. The van der Waals surface area contributed by atoms with Crippen LogP contribution in [0.25, 0.3) is 0 Å². The second-order valence-electron chi connectivity index (χ2n) is 5.69. The Kier molecular flexibility index (Phi) is 7.34. The largest absolute Gasteiger partial charge is 0.492 e. The summed E-state index contributed by atoms with van der Waals surface area (Å²) in [6.45, 7) is 13.6. The SMILES string of the molecule is C=C(C)CN(C)CCOc1ccccc1CNC(C)C. The summed E-state index contributed by atoms with van der Waals surface area (Å²) in [7, 11) is 2.09. The molecule has 0 aliphatic rings. The number of nitrogens with zero attached hydrogens (tertiary/aromatic N) is 1. The molecule has 1 aromatic rings. The van der Waals surface area contributed by atoms with Crippen LogP contribution in [-0.4, -0.2) is 37.7 Å². The minimum atomic E-state index is 0.477. The second-order valence-corrected chi connectivity index (χ2v) is 5.69. The Bertz CT molecular complexity index is 415. The molecule has 0 saturated carbocycles. The maximum Gasteiger partial charge on any atom is 0.123 e. The molecule has 0 aliphatic carbocycles. The molecule has 0 aliphatic heterocycles. The number of para-hydroxylation sites is 1. The number of rotatable bonds is 9. The van der Waals surface area contributed by atoms with E-state index in [-0.39, 0.29) is 0 Å². The standard InChI is InChI=1S/C17H28N2O/c1-14(2)13-19(5)10-11-20-17-9-7-6-8-16(17)12-18-15(3)4/h6-9,15,18H,1,10-13H2,2-5H3. The van der Waals surface area contributed by atoms with Gasteiger partial charge in [0.1, 0.15) is 12.4 Å². The molecular formula is C17H28N2O. The van der Waals surface area contributed by atoms with Gasteiger partial charge in [-0.25, -0.2) is 0 Å². The van der Waals surface area contributed by atoms with Gasteiger partial charge in [-0.15, -0.1) is 0 Å².